The maximum absolute atomic E-state index is 3.65. The highest BCUT2D eigenvalue weighted by atomic mass is 127. The van der Waals surface area contributed by atoms with Gasteiger partial charge in [0.15, 0.2) is 0 Å². The Morgan fingerprint density at radius 1 is 1.05 bits per heavy atom. The van der Waals surface area contributed by atoms with E-state index in [1.807, 2.05) is 0 Å². The van der Waals surface area contributed by atoms with Crippen molar-refractivity contribution < 1.29 is 0 Å². The number of halogens is 1. The van der Waals surface area contributed by atoms with Gasteiger partial charge >= 0.3 is 0 Å². The number of rotatable bonds is 5. The van der Waals surface area contributed by atoms with Gasteiger partial charge in [-0.3, -0.25) is 0 Å². The summed E-state index contributed by atoms with van der Waals surface area (Å²) in [6, 6.07) is 17.8. The Kier molecular flexibility index (Phi) is 5.40. The molecule has 0 fully saturated rings. The van der Waals surface area contributed by atoms with Crippen LogP contribution in [0.2, 0.25) is 0 Å². The monoisotopic (exact) mass is 365 g/mol. The summed E-state index contributed by atoms with van der Waals surface area (Å²) in [5, 5.41) is 3.65. The predicted octanol–water partition coefficient (Wildman–Crippen LogP) is 4.69. The van der Waals surface area contributed by atoms with Crippen LogP contribution in [0.15, 0.2) is 48.5 Å². The normalized spacial score (nSPS) is 12.4. The fourth-order valence-corrected chi connectivity index (χ4v) is 2.73. The first kappa shape index (κ1) is 14.5. The van der Waals surface area contributed by atoms with E-state index in [1.165, 1.54) is 20.3 Å². The largest absolute Gasteiger partial charge is 0.306 e. The van der Waals surface area contributed by atoms with Crippen LogP contribution in [0.1, 0.15) is 36.1 Å². The van der Waals surface area contributed by atoms with Crippen molar-refractivity contribution in [3.05, 3.63) is 68.8 Å². The first-order chi connectivity index (χ1) is 9.20. The van der Waals surface area contributed by atoms with E-state index in [1.54, 1.807) is 0 Å². The second-order valence-electron chi connectivity index (χ2n) is 4.85. The third-order valence-electron chi connectivity index (χ3n) is 3.19. The average molecular weight is 365 g/mol. The molecule has 0 heterocycles. The highest BCUT2D eigenvalue weighted by Gasteiger charge is 2.13. The van der Waals surface area contributed by atoms with E-state index < -0.39 is 0 Å². The van der Waals surface area contributed by atoms with Gasteiger partial charge in [0.1, 0.15) is 0 Å². The van der Waals surface area contributed by atoms with Crippen molar-refractivity contribution in [1.29, 1.82) is 0 Å². The van der Waals surface area contributed by atoms with Gasteiger partial charge in [-0.15, -0.1) is 0 Å². The summed E-state index contributed by atoms with van der Waals surface area (Å²) in [6.45, 7) is 5.36. The van der Waals surface area contributed by atoms with E-state index in [0.29, 0.717) is 0 Å². The van der Waals surface area contributed by atoms with Gasteiger partial charge in [-0.2, -0.15) is 0 Å². The zero-order valence-corrected chi connectivity index (χ0v) is 13.6. The summed E-state index contributed by atoms with van der Waals surface area (Å²) in [5.74, 6) is 0. The van der Waals surface area contributed by atoms with E-state index in [2.05, 4.69) is 90.3 Å². The summed E-state index contributed by atoms with van der Waals surface area (Å²) >= 11 is 2.37. The smallest absolute Gasteiger partial charge is 0.0577 e. The molecule has 1 nitrogen and oxygen atoms in total. The van der Waals surface area contributed by atoms with Gasteiger partial charge in [-0.05, 0) is 65.7 Å². The molecule has 2 rings (SSSR count). The van der Waals surface area contributed by atoms with Crippen LogP contribution < -0.4 is 5.32 Å². The molecule has 1 unspecified atom stereocenters. The minimum Gasteiger partial charge on any atom is -0.306 e. The van der Waals surface area contributed by atoms with E-state index in [4.69, 9.17) is 0 Å². The Hall–Kier alpha value is -0.870. The topological polar surface area (TPSA) is 12.0 Å². The fraction of sp³-hybridized carbons (Fsp3) is 0.294. The third kappa shape index (κ3) is 4.05. The van der Waals surface area contributed by atoms with E-state index >= 15 is 0 Å². The Balaban J connectivity index is 2.32. The Labute approximate surface area is 129 Å². The zero-order valence-electron chi connectivity index (χ0n) is 11.5. The quantitative estimate of drug-likeness (QED) is 0.759. The Morgan fingerprint density at radius 3 is 2.42 bits per heavy atom. The molecular formula is C17H20IN. The summed E-state index contributed by atoms with van der Waals surface area (Å²) in [7, 11) is 0. The van der Waals surface area contributed by atoms with Crippen LogP contribution in [-0.4, -0.2) is 6.54 Å². The van der Waals surface area contributed by atoms with Crippen molar-refractivity contribution in [2.75, 3.05) is 6.54 Å². The average Bonchev–Trinajstić information content (AvgIpc) is 2.41. The van der Waals surface area contributed by atoms with E-state index in [9.17, 15) is 0 Å². The molecule has 0 aromatic heterocycles. The number of hydrogen-bond acceptors (Lipinski definition) is 1. The lowest BCUT2D eigenvalue weighted by Crippen LogP contribution is -2.23. The van der Waals surface area contributed by atoms with Crippen molar-refractivity contribution in [2.24, 2.45) is 0 Å². The fourth-order valence-electron chi connectivity index (χ4n) is 2.16. The molecule has 19 heavy (non-hydrogen) atoms. The van der Waals surface area contributed by atoms with Crippen LogP contribution in [0.25, 0.3) is 0 Å². The molecule has 0 saturated carbocycles. The van der Waals surface area contributed by atoms with Crippen LogP contribution in [0, 0.1) is 10.5 Å². The lowest BCUT2D eigenvalue weighted by atomic mass is 9.98. The maximum Gasteiger partial charge on any atom is 0.0577 e. The number of aryl methyl sites for hydroxylation is 1. The molecule has 0 aliphatic heterocycles. The summed E-state index contributed by atoms with van der Waals surface area (Å²) in [6.07, 6.45) is 1.15. The molecule has 2 aromatic carbocycles. The van der Waals surface area contributed by atoms with Crippen molar-refractivity contribution in [2.45, 2.75) is 26.3 Å². The van der Waals surface area contributed by atoms with E-state index in [0.717, 1.165) is 13.0 Å². The first-order valence-corrected chi connectivity index (χ1v) is 7.84. The van der Waals surface area contributed by atoms with Crippen LogP contribution in [0.4, 0.5) is 0 Å². The third-order valence-corrected chi connectivity index (χ3v) is 3.86. The molecule has 0 spiro atoms. The minimum absolute atomic E-state index is 0.287. The summed E-state index contributed by atoms with van der Waals surface area (Å²) in [5.41, 5.74) is 3.98. The Morgan fingerprint density at radius 2 is 1.79 bits per heavy atom. The molecule has 2 heteroatoms. The standard InChI is InChI=1S/C17H20IN/c1-3-11-19-17(14-9-7-13(2)8-10-14)15-5-4-6-16(18)12-15/h4-10,12,17,19H,3,11H2,1-2H3. The van der Waals surface area contributed by atoms with Crippen molar-refractivity contribution in [3.8, 4) is 0 Å². The zero-order chi connectivity index (χ0) is 13.7. The molecule has 1 N–H and O–H groups in total. The SMILES string of the molecule is CCCNC(c1ccc(C)cc1)c1cccc(I)c1. The van der Waals surface area contributed by atoms with Crippen molar-refractivity contribution >= 4 is 22.6 Å². The summed E-state index contributed by atoms with van der Waals surface area (Å²) < 4.78 is 1.28. The highest BCUT2D eigenvalue weighted by molar-refractivity contribution is 14.1. The van der Waals surface area contributed by atoms with Gasteiger partial charge in [0.2, 0.25) is 0 Å². The lowest BCUT2D eigenvalue weighted by molar-refractivity contribution is 0.598. The number of nitrogens with one attached hydrogen (secondary N) is 1. The van der Waals surface area contributed by atoms with Gasteiger partial charge in [0.25, 0.3) is 0 Å². The molecule has 0 radical (unpaired) electrons. The molecule has 0 aliphatic rings. The minimum atomic E-state index is 0.287. The van der Waals surface area contributed by atoms with E-state index in [-0.39, 0.29) is 6.04 Å². The first-order valence-electron chi connectivity index (χ1n) is 6.76. The lowest BCUT2D eigenvalue weighted by Gasteiger charge is -2.20. The van der Waals surface area contributed by atoms with Gasteiger partial charge in [-0.25, -0.2) is 0 Å². The van der Waals surface area contributed by atoms with Crippen LogP contribution in [0.5, 0.6) is 0 Å². The van der Waals surface area contributed by atoms with Gasteiger partial charge < -0.3 is 5.32 Å². The maximum atomic E-state index is 3.65. The van der Waals surface area contributed by atoms with Crippen LogP contribution in [0.3, 0.4) is 0 Å². The molecular weight excluding hydrogens is 345 g/mol. The van der Waals surface area contributed by atoms with Gasteiger partial charge in [0.05, 0.1) is 6.04 Å². The molecule has 0 aliphatic carbocycles. The highest BCUT2D eigenvalue weighted by Crippen LogP contribution is 2.23. The van der Waals surface area contributed by atoms with Gasteiger partial charge in [-0.1, -0.05) is 48.9 Å². The molecule has 1 atom stereocenters. The van der Waals surface area contributed by atoms with Crippen molar-refractivity contribution in [3.63, 3.8) is 0 Å². The predicted molar refractivity (Wildman–Crippen MR) is 90.5 cm³/mol. The number of benzene rings is 2. The van der Waals surface area contributed by atoms with Crippen LogP contribution in [-0.2, 0) is 0 Å². The second kappa shape index (κ2) is 7.06. The second-order valence-corrected chi connectivity index (χ2v) is 6.10. The molecule has 0 saturated heterocycles. The molecule has 0 bridgehead atoms. The number of hydrogen-bond donors (Lipinski definition) is 1. The van der Waals surface area contributed by atoms with Crippen molar-refractivity contribution in [1.82, 2.24) is 5.32 Å². The molecule has 2 aromatic rings. The Bertz CT molecular complexity index is 519. The summed E-state index contributed by atoms with van der Waals surface area (Å²) in [4.78, 5) is 0. The molecule has 100 valence electrons. The molecule has 0 amide bonds. The van der Waals surface area contributed by atoms with Gasteiger partial charge in [0, 0.05) is 3.57 Å². The van der Waals surface area contributed by atoms with Crippen LogP contribution >= 0.6 is 22.6 Å².